The molecule has 0 fully saturated rings. The van der Waals surface area contributed by atoms with Crippen LogP contribution in [0.3, 0.4) is 0 Å². The molecule has 8 heteroatoms. The summed E-state index contributed by atoms with van der Waals surface area (Å²) in [7, 11) is 0. The largest absolute Gasteiger partial charge is 0.391 e. The normalized spacial score (nSPS) is 16.1. The van der Waals surface area contributed by atoms with Gasteiger partial charge in [0.05, 0.1) is 13.2 Å². The van der Waals surface area contributed by atoms with Crippen LogP contribution in [-0.4, -0.2) is 34.1 Å². The van der Waals surface area contributed by atoms with Gasteiger partial charge in [-0.05, 0) is 24.0 Å². The van der Waals surface area contributed by atoms with Crippen molar-refractivity contribution >= 4 is 17.7 Å². The smallest absolute Gasteiger partial charge is 0.368 e. The van der Waals surface area contributed by atoms with E-state index in [1.54, 1.807) is 16.3 Å². The van der Waals surface area contributed by atoms with Crippen molar-refractivity contribution in [3.05, 3.63) is 63.8 Å². The highest BCUT2D eigenvalue weighted by Crippen LogP contribution is 2.24. The van der Waals surface area contributed by atoms with Crippen LogP contribution < -0.4 is 5.56 Å². The fraction of sp³-hybridized carbons (Fsp3) is 0.389. The summed E-state index contributed by atoms with van der Waals surface area (Å²) in [5.41, 5.74) is 0.501. The lowest BCUT2D eigenvalue weighted by atomic mass is 10.2. The van der Waals surface area contributed by atoms with Crippen LogP contribution in [0.15, 0.2) is 41.2 Å². The Morgan fingerprint density at radius 1 is 1.38 bits per heavy atom. The fourth-order valence-corrected chi connectivity index (χ4v) is 3.11. The maximum Gasteiger partial charge on any atom is 0.391 e. The van der Waals surface area contributed by atoms with E-state index in [0.29, 0.717) is 19.0 Å². The lowest BCUT2D eigenvalue weighted by Crippen LogP contribution is -2.35. The molecule has 0 radical (unpaired) electrons. The molecule has 1 atom stereocenters. The van der Waals surface area contributed by atoms with Gasteiger partial charge >= 0.3 is 5.97 Å². The number of carbonyl (C=O) groups excluding carboxylic acids is 1. The second kappa shape index (κ2) is 8.98. The van der Waals surface area contributed by atoms with Crippen LogP contribution in [0, 0.1) is 0 Å². The molecule has 0 N–H and O–H groups in total. The van der Waals surface area contributed by atoms with E-state index in [1.165, 1.54) is 6.07 Å². The van der Waals surface area contributed by atoms with E-state index < -0.39 is 5.97 Å². The minimum Gasteiger partial charge on any atom is -0.368 e. The van der Waals surface area contributed by atoms with Crippen molar-refractivity contribution in [3.8, 4) is 0 Å². The third-order valence-corrected chi connectivity index (χ3v) is 4.60. The van der Waals surface area contributed by atoms with Crippen molar-refractivity contribution in [2.45, 2.75) is 25.7 Å². The van der Waals surface area contributed by atoms with Crippen LogP contribution in [-0.2, 0) is 27.7 Å². The molecule has 0 saturated carbocycles. The van der Waals surface area contributed by atoms with Gasteiger partial charge in [0.25, 0.3) is 5.56 Å². The van der Waals surface area contributed by atoms with Crippen molar-refractivity contribution in [2.75, 3.05) is 18.6 Å². The van der Waals surface area contributed by atoms with Crippen molar-refractivity contribution in [2.24, 2.45) is 0 Å². The summed E-state index contributed by atoms with van der Waals surface area (Å²) in [6, 6.07) is 10.5. The Kier molecular flexibility index (Phi) is 6.43. The highest BCUT2D eigenvalue weighted by Gasteiger charge is 2.25. The maximum atomic E-state index is 12.3. The number of thioether (sulfide) groups is 1. The highest BCUT2D eigenvalue weighted by molar-refractivity contribution is 7.98. The summed E-state index contributed by atoms with van der Waals surface area (Å²) in [6.07, 6.45) is 2.42. The monoisotopic (exact) mass is 376 g/mol. The second-order valence-corrected chi connectivity index (χ2v) is 6.73. The first kappa shape index (κ1) is 18.6. The van der Waals surface area contributed by atoms with E-state index in [-0.39, 0.29) is 24.0 Å². The number of fused-ring (bicyclic) bond motifs is 1. The highest BCUT2D eigenvalue weighted by atomic mass is 32.2. The van der Waals surface area contributed by atoms with E-state index in [4.69, 9.17) is 14.5 Å². The number of nitrogens with zero attached hydrogens (tertiary/aromatic N) is 2. The van der Waals surface area contributed by atoms with Crippen LogP contribution in [0.4, 0.5) is 0 Å². The fourth-order valence-electron chi connectivity index (χ4n) is 2.66. The van der Waals surface area contributed by atoms with Crippen molar-refractivity contribution in [1.82, 2.24) is 9.55 Å². The minimum atomic E-state index is -0.796. The zero-order chi connectivity index (χ0) is 18.4. The Morgan fingerprint density at radius 3 is 2.96 bits per heavy atom. The van der Waals surface area contributed by atoms with E-state index in [0.717, 1.165) is 17.7 Å². The molecule has 0 spiro atoms. The number of aromatic nitrogens is 2. The quantitative estimate of drug-likeness (QED) is 0.542. The standard InChI is InChI=1S/C18H20N2O5S/c1-26-10-7-15-17-19-14(11-16(21)20(17)8-9-23-15)18(22)25-24-12-13-5-3-2-4-6-13/h2-6,11,15H,7-10,12H2,1H3. The molecule has 0 saturated heterocycles. The lowest BCUT2D eigenvalue weighted by Gasteiger charge is -2.26. The van der Waals surface area contributed by atoms with Gasteiger partial charge in [0.2, 0.25) is 0 Å². The third-order valence-electron chi connectivity index (χ3n) is 3.96. The average Bonchev–Trinajstić information content (AvgIpc) is 2.67. The molecule has 7 nitrogen and oxygen atoms in total. The number of hydrogen-bond acceptors (Lipinski definition) is 7. The lowest BCUT2D eigenvalue weighted by molar-refractivity contribution is -0.250. The van der Waals surface area contributed by atoms with E-state index in [9.17, 15) is 9.59 Å². The Labute approximate surface area is 155 Å². The minimum absolute atomic E-state index is 0.0750. The Morgan fingerprint density at radius 2 is 2.19 bits per heavy atom. The maximum absolute atomic E-state index is 12.3. The first-order valence-corrected chi connectivity index (χ1v) is 9.68. The molecule has 1 aliphatic rings. The summed E-state index contributed by atoms with van der Waals surface area (Å²) in [5, 5.41) is 0. The number of carbonyl (C=O) groups is 1. The van der Waals surface area contributed by atoms with Crippen LogP contribution in [0.25, 0.3) is 0 Å². The molecule has 0 aliphatic carbocycles. The summed E-state index contributed by atoms with van der Waals surface area (Å²) >= 11 is 1.69. The summed E-state index contributed by atoms with van der Waals surface area (Å²) in [4.78, 5) is 38.6. The summed E-state index contributed by atoms with van der Waals surface area (Å²) < 4.78 is 7.27. The van der Waals surface area contributed by atoms with Gasteiger partial charge in [-0.25, -0.2) is 9.78 Å². The van der Waals surface area contributed by atoms with Gasteiger partial charge in [0, 0.05) is 6.07 Å². The Hall–Kier alpha value is -2.16. The molecule has 2 heterocycles. The van der Waals surface area contributed by atoms with Crippen LogP contribution in [0.1, 0.15) is 34.4 Å². The third kappa shape index (κ3) is 4.51. The van der Waals surface area contributed by atoms with Gasteiger partial charge in [-0.1, -0.05) is 30.3 Å². The van der Waals surface area contributed by atoms with E-state index in [1.807, 2.05) is 36.6 Å². The molecule has 26 heavy (non-hydrogen) atoms. The Bertz CT molecular complexity index is 809. The summed E-state index contributed by atoms with van der Waals surface area (Å²) in [6.45, 7) is 1.00. The zero-order valence-electron chi connectivity index (χ0n) is 14.4. The molecule has 0 bridgehead atoms. The first-order valence-electron chi connectivity index (χ1n) is 8.29. The van der Waals surface area contributed by atoms with Crippen molar-refractivity contribution < 1.29 is 19.3 Å². The van der Waals surface area contributed by atoms with Crippen LogP contribution in [0.2, 0.25) is 0 Å². The van der Waals surface area contributed by atoms with Gasteiger partial charge in [-0.2, -0.15) is 16.6 Å². The van der Waals surface area contributed by atoms with E-state index in [2.05, 4.69) is 4.98 Å². The molecule has 1 aromatic heterocycles. The molecule has 0 amide bonds. The number of ether oxygens (including phenoxy) is 1. The molecular weight excluding hydrogens is 356 g/mol. The molecule has 1 aromatic carbocycles. The first-order chi connectivity index (χ1) is 12.7. The summed E-state index contributed by atoms with van der Waals surface area (Å²) in [5.74, 6) is 0.540. The molecule has 2 aromatic rings. The molecular formula is C18H20N2O5S. The SMILES string of the molecule is CSCCC1OCCn2c1nc(C(=O)OOCc1ccccc1)cc2=O. The molecule has 3 rings (SSSR count). The predicted octanol–water partition coefficient (Wildman–Crippen LogP) is 2.36. The number of hydrogen-bond donors (Lipinski definition) is 0. The van der Waals surface area contributed by atoms with Gasteiger partial charge in [0.1, 0.15) is 18.5 Å². The van der Waals surface area contributed by atoms with Gasteiger partial charge in [-0.3, -0.25) is 14.2 Å². The Balaban J connectivity index is 1.70. The van der Waals surface area contributed by atoms with Gasteiger partial charge in [-0.15, -0.1) is 0 Å². The van der Waals surface area contributed by atoms with Crippen LogP contribution >= 0.6 is 11.8 Å². The second-order valence-electron chi connectivity index (χ2n) is 5.75. The number of benzene rings is 1. The van der Waals surface area contributed by atoms with E-state index >= 15 is 0 Å². The number of rotatable bonds is 7. The zero-order valence-corrected chi connectivity index (χ0v) is 15.2. The van der Waals surface area contributed by atoms with Gasteiger partial charge in [0.15, 0.2) is 5.69 Å². The van der Waals surface area contributed by atoms with Crippen molar-refractivity contribution in [1.29, 1.82) is 0 Å². The molecule has 138 valence electrons. The predicted molar refractivity (Wildman–Crippen MR) is 96.8 cm³/mol. The van der Waals surface area contributed by atoms with Crippen molar-refractivity contribution in [3.63, 3.8) is 0 Å². The molecule has 1 unspecified atom stereocenters. The van der Waals surface area contributed by atoms with Crippen LogP contribution in [0.5, 0.6) is 0 Å². The van der Waals surface area contributed by atoms with Gasteiger partial charge < -0.3 is 4.74 Å². The molecule has 1 aliphatic heterocycles. The average molecular weight is 376 g/mol. The topological polar surface area (TPSA) is 79.7 Å².